The molecular weight excluding hydrogens is 505 g/mol. The highest BCUT2D eigenvalue weighted by Crippen LogP contribution is 2.42. The predicted octanol–water partition coefficient (Wildman–Crippen LogP) is 2.32. The Balaban J connectivity index is 1.37. The van der Waals surface area contributed by atoms with Crippen LogP contribution in [0.2, 0.25) is 5.02 Å². The quantitative estimate of drug-likeness (QED) is 0.429. The molecule has 3 atom stereocenters. The molecule has 5 rings (SSSR count). The van der Waals surface area contributed by atoms with Crippen LogP contribution in [0.25, 0.3) is 10.9 Å². The number of amides is 3. The molecule has 3 amide bonds. The van der Waals surface area contributed by atoms with Crippen molar-refractivity contribution >= 4 is 46.2 Å². The molecule has 2 bridgehead atoms. The number of aromatic nitrogens is 2. The fourth-order valence-electron chi connectivity index (χ4n) is 5.57. The molecule has 1 saturated heterocycles. The van der Waals surface area contributed by atoms with Crippen LogP contribution in [0.3, 0.4) is 0 Å². The number of likely N-dealkylation sites (tertiary alicyclic amines) is 1. The number of carboxylic acids is 1. The molecule has 2 heterocycles. The van der Waals surface area contributed by atoms with E-state index < -0.39 is 36.2 Å². The van der Waals surface area contributed by atoms with Gasteiger partial charge in [0.1, 0.15) is 18.4 Å². The first-order chi connectivity index (χ1) is 17.7. The van der Waals surface area contributed by atoms with E-state index in [9.17, 15) is 28.7 Å². The Morgan fingerprint density at radius 3 is 2.65 bits per heavy atom. The number of aromatic carboxylic acids is 1. The standard InChI is InChI=1S/C25H23ClFN5O5/c26-17-8-7-14(25(36)37)16(20(17)27)10-29-24(35)22-12-5-6-13(9-12)32(22)19(33)11-31-18-4-2-1-3-15(18)21(30-31)23(28)34/h1-4,7-8,12-13,22H,5-6,9-11H2,(H2,28,34)(H,29,35)(H,36,37)/t12-,13+,22-/m0/s1. The molecule has 37 heavy (non-hydrogen) atoms. The Hall–Kier alpha value is -3.99. The number of halogens is 2. The van der Waals surface area contributed by atoms with Gasteiger partial charge in [-0.3, -0.25) is 19.1 Å². The first kappa shape index (κ1) is 24.7. The van der Waals surface area contributed by atoms with Crippen LogP contribution in [0.4, 0.5) is 4.39 Å². The van der Waals surface area contributed by atoms with Gasteiger partial charge in [-0.25, -0.2) is 9.18 Å². The van der Waals surface area contributed by atoms with Gasteiger partial charge < -0.3 is 21.1 Å². The predicted molar refractivity (Wildman–Crippen MR) is 130 cm³/mol. The molecule has 0 spiro atoms. The van der Waals surface area contributed by atoms with Gasteiger partial charge in [0.05, 0.1) is 16.1 Å². The van der Waals surface area contributed by atoms with E-state index in [2.05, 4.69) is 10.4 Å². The third-order valence-electron chi connectivity index (χ3n) is 7.18. The van der Waals surface area contributed by atoms with Crippen molar-refractivity contribution in [1.82, 2.24) is 20.0 Å². The normalized spacial score (nSPS) is 20.4. The molecule has 1 aromatic heterocycles. The van der Waals surface area contributed by atoms with Crippen molar-refractivity contribution < 1.29 is 28.7 Å². The number of carboxylic acid groups (broad SMARTS) is 1. The number of piperidine rings is 1. The van der Waals surface area contributed by atoms with Crippen LogP contribution in [-0.4, -0.2) is 55.6 Å². The van der Waals surface area contributed by atoms with Gasteiger partial charge in [-0.15, -0.1) is 0 Å². The highest BCUT2D eigenvalue weighted by atomic mass is 35.5. The van der Waals surface area contributed by atoms with Crippen LogP contribution in [0.15, 0.2) is 36.4 Å². The lowest BCUT2D eigenvalue weighted by atomic mass is 9.97. The van der Waals surface area contributed by atoms with Crippen molar-refractivity contribution in [1.29, 1.82) is 0 Å². The number of carbonyl (C=O) groups excluding carboxylic acids is 3. The largest absolute Gasteiger partial charge is 0.478 e. The zero-order chi connectivity index (χ0) is 26.4. The highest BCUT2D eigenvalue weighted by molar-refractivity contribution is 6.31. The van der Waals surface area contributed by atoms with E-state index in [0.717, 1.165) is 18.9 Å². The maximum Gasteiger partial charge on any atom is 0.336 e. The molecule has 2 aromatic carbocycles. The smallest absolute Gasteiger partial charge is 0.336 e. The number of nitrogens with two attached hydrogens (primary N) is 1. The second kappa shape index (κ2) is 9.47. The number of para-hydroxylation sites is 1. The number of rotatable bonds is 7. The first-order valence-corrected chi connectivity index (χ1v) is 12.1. The van der Waals surface area contributed by atoms with Gasteiger partial charge >= 0.3 is 5.97 Å². The number of hydrogen-bond acceptors (Lipinski definition) is 5. The summed E-state index contributed by atoms with van der Waals surface area (Å²) in [6.45, 7) is -0.596. The van der Waals surface area contributed by atoms with Crippen LogP contribution in [-0.2, 0) is 22.7 Å². The fourth-order valence-corrected chi connectivity index (χ4v) is 5.75. The molecular formula is C25H23ClFN5O5. The molecule has 1 saturated carbocycles. The maximum atomic E-state index is 14.6. The Labute approximate surface area is 215 Å². The van der Waals surface area contributed by atoms with E-state index in [0.29, 0.717) is 17.3 Å². The zero-order valence-corrected chi connectivity index (χ0v) is 20.2. The van der Waals surface area contributed by atoms with E-state index in [4.69, 9.17) is 17.3 Å². The number of fused-ring (bicyclic) bond motifs is 3. The van der Waals surface area contributed by atoms with Crippen molar-refractivity contribution in [2.45, 2.75) is 44.4 Å². The summed E-state index contributed by atoms with van der Waals surface area (Å²) in [5.41, 5.74) is 5.52. The average Bonchev–Trinajstić information content (AvgIpc) is 3.58. The molecule has 2 fully saturated rings. The Morgan fingerprint density at radius 1 is 1.16 bits per heavy atom. The third-order valence-corrected chi connectivity index (χ3v) is 7.48. The lowest BCUT2D eigenvalue weighted by Gasteiger charge is -2.34. The van der Waals surface area contributed by atoms with Gasteiger partial charge in [-0.05, 0) is 43.4 Å². The van der Waals surface area contributed by atoms with E-state index >= 15 is 0 Å². The summed E-state index contributed by atoms with van der Waals surface area (Å²) in [5, 5.41) is 16.5. The number of hydrogen-bond donors (Lipinski definition) is 3. The van der Waals surface area contributed by atoms with Crippen LogP contribution >= 0.6 is 11.6 Å². The average molecular weight is 528 g/mol. The highest BCUT2D eigenvalue weighted by Gasteiger charge is 2.51. The molecule has 1 aliphatic carbocycles. The molecule has 0 unspecified atom stereocenters. The van der Waals surface area contributed by atoms with E-state index in [-0.39, 0.29) is 46.3 Å². The van der Waals surface area contributed by atoms with Gasteiger partial charge in [-0.2, -0.15) is 5.10 Å². The van der Waals surface area contributed by atoms with Gasteiger partial charge in [0.2, 0.25) is 11.8 Å². The van der Waals surface area contributed by atoms with Crippen molar-refractivity contribution in [3.05, 3.63) is 64.1 Å². The van der Waals surface area contributed by atoms with Crippen molar-refractivity contribution in [2.24, 2.45) is 11.7 Å². The number of benzene rings is 2. The minimum Gasteiger partial charge on any atom is -0.478 e. The van der Waals surface area contributed by atoms with Crippen molar-refractivity contribution in [2.75, 3.05) is 0 Å². The van der Waals surface area contributed by atoms with Gasteiger partial charge in [0, 0.05) is 23.5 Å². The molecule has 0 radical (unpaired) electrons. The molecule has 12 heteroatoms. The second-order valence-corrected chi connectivity index (χ2v) is 9.68. The van der Waals surface area contributed by atoms with Gasteiger partial charge in [0.25, 0.3) is 5.91 Å². The zero-order valence-electron chi connectivity index (χ0n) is 19.5. The van der Waals surface area contributed by atoms with Crippen molar-refractivity contribution in [3.63, 3.8) is 0 Å². The van der Waals surface area contributed by atoms with Crippen LogP contribution in [0, 0.1) is 11.7 Å². The monoisotopic (exact) mass is 527 g/mol. The lowest BCUT2D eigenvalue weighted by molar-refractivity contribution is -0.143. The summed E-state index contributed by atoms with van der Waals surface area (Å²) in [6.07, 6.45) is 2.16. The third kappa shape index (κ3) is 4.29. The molecule has 10 nitrogen and oxygen atoms in total. The van der Waals surface area contributed by atoms with Gasteiger partial charge in [-0.1, -0.05) is 29.8 Å². The first-order valence-electron chi connectivity index (χ1n) is 11.7. The van der Waals surface area contributed by atoms with Crippen molar-refractivity contribution in [3.8, 4) is 0 Å². The molecule has 1 aliphatic heterocycles. The number of carbonyl (C=O) groups is 4. The molecule has 2 aliphatic rings. The molecule has 192 valence electrons. The summed E-state index contributed by atoms with van der Waals surface area (Å²) < 4.78 is 16.0. The van der Waals surface area contributed by atoms with E-state index in [1.807, 2.05) is 0 Å². The van der Waals surface area contributed by atoms with Crippen LogP contribution < -0.4 is 11.1 Å². The topological polar surface area (TPSA) is 148 Å². The summed E-state index contributed by atoms with van der Waals surface area (Å²) >= 11 is 5.82. The summed E-state index contributed by atoms with van der Waals surface area (Å²) in [5.74, 6) is -3.91. The minimum atomic E-state index is -1.35. The molecule has 4 N–H and O–H groups in total. The Morgan fingerprint density at radius 2 is 1.92 bits per heavy atom. The minimum absolute atomic E-state index is 0.0541. The Bertz CT molecular complexity index is 1460. The van der Waals surface area contributed by atoms with Gasteiger partial charge in [0.15, 0.2) is 5.69 Å². The summed E-state index contributed by atoms with van der Waals surface area (Å²) in [4.78, 5) is 51.6. The van der Waals surface area contributed by atoms with Crippen LogP contribution in [0.1, 0.15) is 45.7 Å². The summed E-state index contributed by atoms with van der Waals surface area (Å²) in [7, 11) is 0. The van der Waals surface area contributed by atoms with Crippen LogP contribution in [0.5, 0.6) is 0 Å². The maximum absolute atomic E-state index is 14.6. The second-order valence-electron chi connectivity index (χ2n) is 9.27. The van der Waals surface area contributed by atoms with E-state index in [1.54, 1.807) is 24.3 Å². The Kier molecular flexibility index (Phi) is 6.32. The molecule has 3 aromatic rings. The number of primary amides is 1. The summed E-state index contributed by atoms with van der Waals surface area (Å²) in [6, 6.07) is 8.30. The SMILES string of the molecule is NC(=O)c1nn(CC(=O)N2[C@@H]3CC[C@@H](C3)[C@H]2C(=O)NCc2c(C(=O)O)ccc(Cl)c2F)c2ccccc12. The fraction of sp³-hybridized carbons (Fsp3) is 0.320. The number of nitrogens with one attached hydrogen (secondary N) is 1. The van der Waals surface area contributed by atoms with E-state index in [1.165, 1.54) is 15.6 Å². The number of nitrogens with zero attached hydrogens (tertiary/aromatic N) is 3. The lowest BCUT2D eigenvalue weighted by Crippen LogP contribution is -2.53.